The molecule has 1 N–H and O–H groups in total. The topological polar surface area (TPSA) is 27.6 Å². The molecule has 0 saturated heterocycles. The van der Waals surface area contributed by atoms with E-state index in [0.717, 1.165) is 9.35 Å². The summed E-state index contributed by atoms with van der Waals surface area (Å²) in [6.07, 6.45) is 1.27. The normalized spacial score (nSPS) is 20.8. The molecule has 0 saturated carbocycles. The Morgan fingerprint density at radius 3 is 3.07 bits per heavy atom. The highest BCUT2D eigenvalue weighted by Gasteiger charge is 2.22. The number of hydrogen-bond acceptors (Lipinski definition) is 5. The van der Waals surface area contributed by atoms with Crippen molar-refractivity contribution in [3.8, 4) is 0 Å². The summed E-state index contributed by atoms with van der Waals surface area (Å²) >= 11 is 5.19. The van der Waals surface area contributed by atoms with Crippen molar-refractivity contribution < 1.29 is 3.89 Å². The fourth-order valence-electron chi connectivity index (χ4n) is 1.17. The summed E-state index contributed by atoms with van der Waals surface area (Å²) in [6, 6.07) is 2.03. The van der Waals surface area contributed by atoms with Gasteiger partial charge in [0.05, 0.1) is 4.88 Å². The lowest BCUT2D eigenvalue weighted by Gasteiger charge is -2.10. The van der Waals surface area contributed by atoms with Crippen LogP contribution in [0.4, 0.5) is 3.89 Å². The molecular formula is C7H7BrFN3S2. The molecule has 2 heterocycles. The van der Waals surface area contributed by atoms with Crippen molar-refractivity contribution in [2.75, 3.05) is 0 Å². The van der Waals surface area contributed by atoms with E-state index in [1.807, 2.05) is 13.0 Å². The lowest BCUT2D eigenvalue weighted by atomic mass is 10.4. The van der Waals surface area contributed by atoms with E-state index in [1.165, 1.54) is 15.6 Å². The molecule has 2 rings (SSSR count). The van der Waals surface area contributed by atoms with E-state index in [9.17, 15) is 3.89 Å². The molecule has 0 spiro atoms. The number of hydrazine groups is 1. The Labute approximate surface area is 97.9 Å². The number of hydrogen-bond donors (Lipinski definition) is 1. The molecular weight excluding hydrogens is 289 g/mol. The summed E-state index contributed by atoms with van der Waals surface area (Å²) in [5.74, 6) is 0. The van der Waals surface area contributed by atoms with E-state index in [4.69, 9.17) is 0 Å². The lowest BCUT2D eigenvalue weighted by molar-refractivity contribution is 0.455. The molecule has 3 nitrogen and oxygen atoms in total. The zero-order chi connectivity index (χ0) is 10.1. The highest BCUT2D eigenvalue weighted by Crippen LogP contribution is 2.34. The first-order valence-corrected chi connectivity index (χ1v) is 6.12. The van der Waals surface area contributed by atoms with Gasteiger partial charge in [0, 0.05) is 9.35 Å². The van der Waals surface area contributed by atoms with Crippen LogP contribution in [0.15, 0.2) is 15.5 Å². The summed E-state index contributed by atoms with van der Waals surface area (Å²) in [5.41, 5.74) is 2.89. The second-order valence-electron chi connectivity index (χ2n) is 2.76. The number of rotatable bonds is 2. The molecule has 1 atom stereocenters. The molecule has 76 valence electrons. The van der Waals surface area contributed by atoms with Crippen molar-refractivity contribution in [3.63, 3.8) is 0 Å². The highest BCUT2D eigenvalue weighted by molar-refractivity contribution is 9.10. The average molecular weight is 296 g/mol. The Morgan fingerprint density at radius 2 is 2.57 bits per heavy atom. The van der Waals surface area contributed by atoms with Crippen molar-refractivity contribution in [1.29, 1.82) is 0 Å². The average Bonchev–Trinajstić information content (AvgIpc) is 2.71. The van der Waals surface area contributed by atoms with Crippen molar-refractivity contribution in [1.82, 2.24) is 9.84 Å². The van der Waals surface area contributed by atoms with Gasteiger partial charge >= 0.3 is 0 Å². The van der Waals surface area contributed by atoms with Crippen LogP contribution in [0.5, 0.6) is 0 Å². The fourth-order valence-corrected chi connectivity index (χ4v) is 3.26. The van der Waals surface area contributed by atoms with Crippen LogP contribution in [0.2, 0.25) is 0 Å². The predicted octanol–water partition coefficient (Wildman–Crippen LogP) is 3.20. The van der Waals surface area contributed by atoms with Crippen LogP contribution in [0.25, 0.3) is 0 Å². The molecule has 1 aliphatic heterocycles. The van der Waals surface area contributed by atoms with Gasteiger partial charge in [-0.15, -0.1) is 15.2 Å². The first-order chi connectivity index (χ1) is 6.70. The van der Waals surface area contributed by atoms with Crippen molar-refractivity contribution >= 4 is 45.9 Å². The Hall–Kier alpha value is -0.110. The van der Waals surface area contributed by atoms with Crippen LogP contribution in [-0.2, 0) is 0 Å². The smallest absolute Gasteiger partial charge is 0.182 e. The predicted molar refractivity (Wildman–Crippen MR) is 61.7 cm³/mol. The van der Waals surface area contributed by atoms with Gasteiger partial charge in [0.1, 0.15) is 6.34 Å². The van der Waals surface area contributed by atoms with E-state index in [2.05, 4.69) is 26.3 Å². The van der Waals surface area contributed by atoms with Crippen LogP contribution >= 0.6 is 39.6 Å². The minimum atomic E-state index is -0.175. The summed E-state index contributed by atoms with van der Waals surface area (Å²) < 4.78 is 14.4. The van der Waals surface area contributed by atoms with E-state index in [0.29, 0.717) is 0 Å². The number of aryl methyl sites for hydroxylation is 1. The van der Waals surface area contributed by atoms with Gasteiger partial charge in [-0.05, 0) is 28.9 Å². The molecule has 0 amide bonds. The number of aliphatic imine (C=N–C) groups is 1. The lowest BCUT2D eigenvalue weighted by Crippen LogP contribution is -2.25. The summed E-state index contributed by atoms with van der Waals surface area (Å²) in [7, 11) is 0. The highest BCUT2D eigenvalue weighted by atomic mass is 79.9. The van der Waals surface area contributed by atoms with E-state index in [-0.39, 0.29) is 18.5 Å². The van der Waals surface area contributed by atoms with Gasteiger partial charge in [0.25, 0.3) is 0 Å². The number of halogens is 2. The number of nitrogens with one attached hydrogen (secondary N) is 1. The van der Waals surface area contributed by atoms with Crippen LogP contribution in [-0.4, -0.2) is 10.8 Å². The van der Waals surface area contributed by atoms with Crippen LogP contribution in [0.3, 0.4) is 0 Å². The third-order valence-corrected chi connectivity index (χ3v) is 4.10. The zero-order valence-corrected chi connectivity index (χ0v) is 10.4. The second kappa shape index (κ2) is 4.18. The van der Waals surface area contributed by atoms with E-state index in [1.54, 1.807) is 11.3 Å². The molecule has 1 aliphatic rings. The van der Waals surface area contributed by atoms with Gasteiger partial charge in [0.2, 0.25) is 0 Å². The van der Waals surface area contributed by atoms with Crippen molar-refractivity contribution in [2.45, 2.75) is 13.1 Å². The van der Waals surface area contributed by atoms with Crippen LogP contribution in [0.1, 0.15) is 15.9 Å². The number of thiophene rings is 1. The second-order valence-corrected chi connectivity index (χ2v) is 5.43. The van der Waals surface area contributed by atoms with Gasteiger partial charge < -0.3 is 0 Å². The molecule has 1 aromatic heterocycles. The monoisotopic (exact) mass is 295 g/mol. The Balaban J connectivity index is 2.18. The Kier molecular flexibility index (Phi) is 3.10. The maximum absolute atomic E-state index is 12.2. The minimum Gasteiger partial charge on any atom is -0.247 e. The summed E-state index contributed by atoms with van der Waals surface area (Å²) in [5, 5.41) is 0. The Morgan fingerprint density at radius 1 is 1.79 bits per heavy atom. The van der Waals surface area contributed by atoms with Gasteiger partial charge in [-0.2, -0.15) is 5.43 Å². The van der Waals surface area contributed by atoms with Crippen molar-refractivity contribution in [3.05, 3.63) is 20.3 Å². The van der Waals surface area contributed by atoms with Gasteiger partial charge in [0.15, 0.2) is 18.5 Å². The third kappa shape index (κ3) is 1.95. The van der Waals surface area contributed by atoms with E-state index >= 15 is 0 Å². The first-order valence-electron chi connectivity index (χ1n) is 3.84. The summed E-state index contributed by atoms with van der Waals surface area (Å²) in [6.45, 7) is 2.03. The number of nitrogens with zero attached hydrogens (tertiary/aromatic N) is 2. The quantitative estimate of drug-likeness (QED) is 0.849. The molecule has 0 aromatic carbocycles. The zero-order valence-electron chi connectivity index (χ0n) is 7.20. The molecule has 0 radical (unpaired) electrons. The maximum atomic E-state index is 12.2. The SMILES string of the molecule is Cc1cc(Br)c(C2N=CN(SF)N2)s1. The maximum Gasteiger partial charge on any atom is 0.182 e. The molecule has 0 aliphatic carbocycles. The molecule has 1 aromatic rings. The molecule has 1 unspecified atom stereocenters. The van der Waals surface area contributed by atoms with Crippen LogP contribution in [0, 0.1) is 6.92 Å². The molecule has 0 bridgehead atoms. The van der Waals surface area contributed by atoms with Crippen molar-refractivity contribution in [2.24, 2.45) is 4.99 Å². The van der Waals surface area contributed by atoms with E-state index < -0.39 is 0 Å². The Bertz CT molecular complexity index is 368. The van der Waals surface area contributed by atoms with Gasteiger partial charge in [-0.3, -0.25) is 0 Å². The standard InChI is InChI=1S/C7H7BrFN3S2/c1-4-2-5(8)6(13-4)7-10-3-12(11-7)14-9/h2-3,7,11H,1H3. The largest absolute Gasteiger partial charge is 0.247 e. The molecule has 14 heavy (non-hydrogen) atoms. The van der Waals surface area contributed by atoms with Gasteiger partial charge in [-0.1, -0.05) is 0 Å². The fraction of sp³-hybridized carbons (Fsp3) is 0.286. The first kappa shape index (κ1) is 10.4. The summed E-state index contributed by atoms with van der Waals surface area (Å²) in [4.78, 5) is 6.41. The third-order valence-electron chi connectivity index (χ3n) is 1.73. The minimum absolute atomic E-state index is 0.106. The van der Waals surface area contributed by atoms with Gasteiger partial charge in [-0.25, -0.2) is 9.41 Å². The molecule has 7 heteroatoms. The molecule has 0 fully saturated rings. The van der Waals surface area contributed by atoms with Crippen LogP contribution < -0.4 is 5.43 Å².